The number of carbonyl (C=O) groups is 1. The number of benzene rings is 2. The van der Waals surface area contributed by atoms with Gasteiger partial charge in [0.05, 0.1) is 11.0 Å². The number of anilines is 1. The smallest absolute Gasteiger partial charge is 0.387 e. The second kappa shape index (κ2) is 7.00. The molecule has 0 saturated carbocycles. The van der Waals surface area contributed by atoms with Crippen LogP contribution in [-0.4, -0.2) is 22.5 Å². The van der Waals surface area contributed by atoms with E-state index in [-0.39, 0.29) is 17.3 Å². The molecule has 0 saturated heterocycles. The van der Waals surface area contributed by atoms with Gasteiger partial charge in [-0.25, -0.2) is 4.79 Å². The lowest BCUT2D eigenvalue weighted by Crippen LogP contribution is -2.07. The molecular weight excluding hydrogens is 332 g/mol. The normalized spacial score (nSPS) is 11.3. The van der Waals surface area contributed by atoms with Crippen molar-refractivity contribution in [3.8, 4) is 5.75 Å². The number of amides is 1. The SMILES string of the molecule is O=C(C=Cc1ccc(OC(F)F)cc1)Nc1ccc2[nH]c(=O)[nH]c2c1. The number of halogens is 2. The Hall–Kier alpha value is -3.42. The summed E-state index contributed by atoms with van der Waals surface area (Å²) in [4.78, 5) is 28.4. The summed E-state index contributed by atoms with van der Waals surface area (Å²) in [6.07, 6.45) is 2.85. The number of fused-ring (bicyclic) bond motifs is 1. The lowest BCUT2D eigenvalue weighted by Gasteiger charge is -2.04. The van der Waals surface area contributed by atoms with Crippen molar-refractivity contribution in [2.24, 2.45) is 0 Å². The molecule has 128 valence electrons. The maximum atomic E-state index is 12.1. The van der Waals surface area contributed by atoms with E-state index in [1.54, 1.807) is 30.3 Å². The minimum absolute atomic E-state index is 0.0467. The van der Waals surface area contributed by atoms with Crippen LogP contribution in [0.2, 0.25) is 0 Å². The Labute approximate surface area is 140 Å². The predicted octanol–water partition coefficient (Wildman–Crippen LogP) is 3.11. The molecule has 1 aromatic heterocycles. The quantitative estimate of drug-likeness (QED) is 0.621. The summed E-state index contributed by atoms with van der Waals surface area (Å²) in [7, 11) is 0. The number of aromatic amines is 2. The van der Waals surface area contributed by atoms with Crippen molar-refractivity contribution >= 4 is 28.7 Å². The molecule has 0 aliphatic heterocycles. The number of imidazole rings is 1. The highest BCUT2D eigenvalue weighted by atomic mass is 19.3. The molecule has 0 aliphatic carbocycles. The van der Waals surface area contributed by atoms with Gasteiger partial charge in [0.25, 0.3) is 0 Å². The summed E-state index contributed by atoms with van der Waals surface area (Å²) in [6, 6.07) is 10.9. The fraction of sp³-hybridized carbons (Fsp3) is 0.0588. The van der Waals surface area contributed by atoms with Gasteiger partial charge in [-0.15, -0.1) is 0 Å². The summed E-state index contributed by atoms with van der Waals surface area (Å²) in [5.41, 5.74) is 2.09. The molecule has 0 bridgehead atoms. The minimum atomic E-state index is -2.88. The van der Waals surface area contributed by atoms with Gasteiger partial charge in [-0.2, -0.15) is 8.78 Å². The van der Waals surface area contributed by atoms with Crippen LogP contribution in [0.5, 0.6) is 5.75 Å². The van der Waals surface area contributed by atoms with E-state index >= 15 is 0 Å². The number of carbonyl (C=O) groups excluding carboxylic acids is 1. The Morgan fingerprint density at radius 1 is 1.08 bits per heavy atom. The average Bonchev–Trinajstić information content (AvgIpc) is 2.93. The van der Waals surface area contributed by atoms with Gasteiger partial charge in [0.2, 0.25) is 5.91 Å². The Kier molecular flexibility index (Phi) is 4.60. The third-order valence-corrected chi connectivity index (χ3v) is 3.32. The first-order valence-electron chi connectivity index (χ1n) is 7.25. The first kappa shape index (κ1) is 16.4. The lowest BCUT2D eigenvalue weighted by atomic mass is 10.2. The summed E-state index contributed by atoms with van der Waals surface area (Å²) >= 11 is 0. The second-order valence-electron chi connectivity index (χ2n) is 5.11. The third-order valence-electron chi connectivity index (χ3n) is 3.32. The summed E-state index contributed by atoms with van der Waals surface area (Å²) in [6.45, 7) is -2.88. The van der Waals surface area contributed by atoms with Crippen molar-refractivity contribution < 1.29 is 18.3 Å². The van der Waals surface area contributed by atoms with Crippen LogP contribution in [-0.2, 0) is 4.79 Å². The van der Waals surface area contributed by atoms with E-state index in [1.807, 2.05) is 0 Å². The van der Waals surface area contributed by atoms with Crippen LogP contribution in [0.4, 0.5) is 14.5 Å². The molecule has 0 spiro atoms. The van der Waals surface area contributed by atoms with Gasteiger partial charge in [-0.05, 0) is 42.0 Å². The molecule has 3 N–H and O–H groups in total. The number of aromatic nitrogens is 2. The van der Waals surface area contributed by atoms with E-state index in [0.717, 1.165) is 0 Å². The van der Waals surface area contributed by atoms with Crippen LogP contribution in [0.3, 0.4) is 0 Å². The average molecular weight is 345 g/mol. The molecule has 8 heteroatoms. The van der Waals surface area contributed by atoms with Crippen LogP contribution in [0.15, 0.2) is 53.3 Å². The lowest BCUT2D eigenvalue weighted by molar-refractivity contribution is -0.111. The molecule has 0 aliphatic rings. The predicted molar refractivity (Wildman–Crippen MR) is 89.7 cm³/mol. The van der Waals surface area contributed by atoms with Crippen LogP contribution in [0.1, 0.15) is 5.56 Å². The molecule has 0 unspecified atom stereocenters. The Morgan fingerprint density at radius 3 is 2.52 bits per heavy atom. The highest BCUT2D eigenvalue weighted by Gasteiger charge is 2.04. The maximum Gasteiger partial charge on any atom is 0.387 e. The molecule has 0 radical (unpaired) electrons. The van der Waals surface area contributed by atoms with Gasteiger partial charge >= 0.3 is 12.3 Å². The van der Waals surface area contributed by atoms with Gasteiger partial charge < -0.3 is 20.0 Å². The fourth-order valence-electron chi connectivity index (χ4n) is 2.23. The van der Waals surface area contributed by atoms with Gasteiger partial charge in [-0.3, -0.25) is 4.79 Å². The summed E-state index contributed by atoms with van der Waals surface area (Å²) in [5, 5.41) is 2.67. The molecule has 1 amide bonds. The van der Waals surface area contributed by atoms with Gasteiger partial charge in [-0.1, -0.05) is 12.1 Å². The zero-order chi connectivity index (χ0) is 17.8. The first-order chi connectivity index (χ1) is 12.0. The zero-order valence-electron chi connectivity index (χ0n) is 12.8. The van der Waals surface area contributed by atoms with Crippen LogP contribution in [0, 0.1) is 0 Å². The van der Waals surface area contributed by atoms with Crippen molar-refractivity contribution in [1.82, 2.24) is 9.97 Å². The summed E-state index contributed by atoms with van der Waals surface area (Å²) < 4.78 is 28.4. The van der Waals surface area contributed by atoms with Gasteiger partial charge in [0, 0.05) is 11.8 Å². The Morgan fingerprint density at radius 2 is 1.80 bits per heavy atom. The van der Waals surface area contributed by atoms with Crippen molar-refractivity contribution in [1.29, 1.82) is 0 Å². The number of ether oxygens (including phenoxy) is 1. The van der Waals surface area contributed by atoms with E-state index in [1.165, 1.54) is 24.3 Å². The topological polar surface area (TPSA) is 87.0 Å². The highest BCUT2D eigenvalue weighted by Crippen LogP contribution is 2.16. The molecule has 0 fully saturated rings. The molecule has 3 rings (SSSR count). The number of H-pyrrole nitrogens is 2. The number of hydrogen-bond acceptors (Lipinski definition) is 3. The molecule has 2 aromatic carbocycles. The standard InChI is InChI=1S/C17H13F2N3O3/c18-16(19)25-12-5-1-10(2-6-12)3-8-15(23)20-11-4-7-13-14(9-11)22-17(24)21-13/h1-9,16H,(H,20,23)(H2,21,22,24). The zero-order valence-corrected chi connectivity index (χ0v) is 12.8. The van der Waals surface area contributed by atoms with Gasteiger partial charge in [0.1, 0.15) is 5.75 Å². The molecule has 0 atom stereocenters. The number of hydrogen-bond donors (Lipinski definition) is 3. The molecule has 25 heavy (non-hydrogen) atoms. The maximum absolute atomic E-state index is 12.1. The molecular formula is C17H13F2N3O3. The number of rotatable bonds is 5. The van der Waals surface area contributed by atoms with Crippen molar-refractivity contribution in [2.45, 2.75) is 6.61 Å². The minimum Gasteiger partial charge on any atom is -0.435 e. The largest absolute Gasteiger partial charge is 0.435 e. The number of alkyl halides is 2. The molecule has 6 nitrogen and oxygen atoms in total. The van der Waals surface area contributed by atoms with E-state index in [4.69, 9.17) is 0 Å². The Balaban J connectivity index is 1.64. The van der Waals surface area contributed by atoms with E-state index in [0.29, 0.717) is 22.3 Å². The van der Waals surface area contributed by atoms with E-state index < -0.39 is 6.61 Å². The second-order valence-corrected chi connectivity index (χ2v) is 5.11. The first-order valence-corrected chi connectivity index (χ1v) is 7.25. The monoisotopic (exact) mass is 345 g/mol. The molecule has 3 aromatic rings. The van der Waals surface area contributed by atoms with E-state index in [9.17, 15) is 18.4 Å². The van der Waals surface area contributed by atoms with Crippen LogP contribution >= 0.6 is 0 Å². The van der Waals surface area contributed by atoms with Gasteiger partial charge in [0.15, 0.2) is 0 Å². The summed E-state index contributed by atoms with van der Waals surface area (Å²) in [5.74, 6) is -0.324. The third kappa shape index (κ3) is 4.31. The fourth-order valence-corrected chi connectivity index (χ4v) is 2.23. The Bertz CT molecular complexity index is 975. The van der Waals surface area contributed by atoms with E-state index in [2.05, 4.69) is 20.0 Å². The highest BCUT2D eigenvalue weighted by molar-refractivity contribution is 6.02. The number of nitrogens with one attached hydrogen (secondary N) is 3. The van der Waals surface area contributed by atoms with Crippen LogP contribution < -0.4 is 15.7 Å². The molecule has 1 heterocycles. The van der Waals surface area contributed by atoms with Crippen molar-refractivity contribution in [3.05, 3.63) is 64.6 Å². The van der Waals surface area contributed by atoms with Crippen LogP contribution in [0.25, 0.3) is 17.1 Å². The van der Waals surface area contributed by atoms with Crippen molar-refractivity contribution in [3.63, 3.8) is 0 Å². The van der Waals surface area contributed by atoms with Crippen molar-refractivity contribution in [2.75, 3.05) is 5.32 Å².